The van der Waals surface area contributed by atoms with E-state index in [2.05, 4.69) is 9.88 Å². The minimum Gasteiger partial charge on any atom is -0.378 e. The van der Waals surface area contributed by atoms with Gasteiger partial charge in [0.05, 0.1) is 13.2 Å². The van der Waals surface area contributed by atoms with E-state index in [1.54, 1.807) is 10.8 Å². The van der Waals surface area contributed by atoms with Crippen LogP contribution in [0, 0.1) is 4.77 Å². The molecule has 0 aromatic carbocycles. The molecule has 0 aliphatic heterocycles. The van der Waals surface area contributed by atoms with Crippen LogP contribution < -0.4 is 5.56 Å². The molecule has 0 atom stereocenters. The van der Waals surface area contributed by atoms with E-state index in [0.717, 1.165) is 6.54 Å². The zero-order valence-electron chi connectivity index (χ0n) is 9.60. The Kier molecular flexibility index (Phi) is 5.37. The third-order valence-electron chi connectivity index (χ3n) is 2.06. The second-order valence-electron chi connectivity index (χ2n) is 3.72. The van der Waals surface area contributed by atoms with Crippen molar-refractivity contribution in [3.8, 4) is 0 Å². The lowest BCUT2D eigenvalue weighted by atomic mass is 10.6. The van der Waals surface area contributed by atoms with Crippen LogP contribution in [0.3, 0.4) is 0 Å². The molecular weight excluding hydrogens is 226 g/mol. The van der Waals surface area contributed by atoms with Gasteiger partial charge in [-0.1, -0.05) is 0 Å². The molecule has 6 heteroatoms. The summed E-state index contributed by atoms with van der Waals surface area (Å²) in [4.78, 5) is 15.5. The van der Waals surface area contributed by atoms with Crippen LogP contribution in [0.1, 0.15) is 0 Å². The van der Waals surface area contributed by atoms with Crippen molar-refractivity contribution in [2.45, 2.75) is 6.54 Å². The highest BCUT2D eigenvalue weighted by Gasteiger charge is 1.94. The first-order valence-electron chi connectivity index (χ1n) is 5.12. The summed E-state index contributed by atoms with van der Waals surface area (Å²) in [5.74, 6) is 0. The van der Waals surface area contributed by atoms with E-state index in [0.29, 0.717) is 24.5 Å². The summed E-state index contributed by atoms with van der Waals surface area (Å²) in [5, 5.41) is 0. The third kappa shape index (κ3) is 4.69. The largest absolute Gasteiger partial charge is 0.378 e. The van der Waals surface area contributed by atoms with Crippen LogP contribution in [-0.2, 0) is 11.3 Å². The summed E-state index contributed by atoms with van der Waals surface area (Å²) >= 11 is 5.00. The monoisotopic (exact) mass is 243 g/mol. The molecule has 1 rings (SSSR count). The van der Waals surface area contributed by atoms with E-state index in [9.17, 15) is 4.79 Å². The maximum Gasteiger partial charge on any atom is 0.251 e. The second-order valence-corrected chi connectivity index (χ2v) is 4.11. The third-order valence-corrected chi connectivity index (χ3v) is 2.39. The van der Waals surface area contributed by atoms with Gasteiger partial charge < -0.3 is 14.2 Å². The zero-order valence-corrected chi connectivity index (χ0v) is 10.4. The van der Waals surface area contributed by atoms with Crippen molar-refractivity contribution in [1.82, 2.24) is 14.5 Å². The van der Waals surface area contributed by atoms with E-state index in [1.807, 2.05) is 14.1 Å². The standard InChI is InChI=1S/C10H17N3O2S/c1-12(2)5-7-15-8-6-13-4-3-9(14)11-10(13)16/h3-4H,5-8H2,1-2H3,(H,11,14,16). The quantitative estimate of drug-likeness (QED) is 0.583. The summed E-state index contributed by atoms with van der Waals surface area (Å²) in [5.41, 5.74) is -0.172. The van der Waals surface area contributed by atoms with Crippen LogP contribution in [0.4, 0.5) is 0 Å². The molecule has 0 amide bonds. The lowest BCUT2D eigenvalue weighted by Crippen LogP contribution is -2.20. The van der Waals surface area contributed by atoms with Crippen LogP contribution in [0.25, 0.3) is 0 Å². The molecule has 1 aromatic heterocycles. The summed E-state index contributed by atoms with van der Waals surface area (Å²) in [6.07, 6.45) is 1.68. The SMILES string of the molecule is CN(C)CCOCCn1ccc(=O)[nH]c1=S. The molecule has 5 nitrogen and oxygen atoms in total. The van der Waals surface area contributed by atoms with Gasteiger partial charge in [-0.2, -0.15) is 0 Å². The Morgan fingerprint density at radius 1 is 1.50 bits per heavy atom. The molecule has 0 aliphatic rings. The van der Waals surface area contributed by atoms with E-state index >= 15 is 0 Å². The fraction of sp³-hybridized carbons (Fsp3) is 0.600. The zero-order chi connectivity index (χ0) is 12.0. The summed E-state index contributed by atoms with van der Waals surface area (Å²) in [6, 6.07) is 1.45. The van der Waals surface area contributed by atoms with Gasteiger partial charge in [-0.3, -0.25) is 9.78 Å². The first kappa shape index (κ1) is 13.1. The Bertz CT molecular complexity index is 425. The fourth-order valence-electron chi connectivity index (χ4n) is 1.13. The Balaban J connectivity index is 2.32. The number of nitrogens with zero attached hydrogens (tertiary/aromatic N) is 2. The molecule has 1 aromatic rings. The topological polar surface area (TPSA) is 50.3 Å². The first-order valence-corrected chi connectivity index (χ1v) is 5.52. The average Bonchev–Trinajstić information content (AvgIpc) is 2.20. The van der Waals surface area contributed by atoms with Gasteiger partial charge in [0, 0.05) is 25.4 Å². The smallest absolute Gasteiger partial charge is 0.251 e. The lowest BCUT2D eigenvalue weighted by molar-refractivity contribution is 0.110. The number of hydrogen-bond acceptors (Lipinski definition) is 4. The normalized spacial score (nSPS) is 10.9. The number of aromatic amines is 1. The van der Waals surface area contributed by atoms with Crippen LogP contribution in [0.5, 0.6) is 0 Å². The predicted octanol–water partition coefficient (Wildman–Crippen LogP) is 0.484. The lowest BCUT2D eigenvalue weighted by Gasteiger charge is -2.10. The second kappa shape index (κ2) is 6.57. The van der Waals surface area contributed by atoms with Gasteiger partial charge in [-0.25, -0.2) is 0 Å². The molecule has 0 radical (unpaired) electrons. The van der Waals surface area contributed by atoms with Gasteiger partial charge in [0.15, 0.2) is 4.77 Å². The highest BCUT2D eigenvalue weighted by molar-refractivity contribution is 7.71. The number of hydrogen-bond donors (Lipinski definition) is 1. The molecule has 0 saturated carbocycles. The molecule has 0 saturated heterocycles. The molecule has 16 heavy (non-hydrogen) atoms. The van der Waals surface area contributed by atoms with Crippen molar-refractivity contribution >= 4 is 12.2 Å². The average molecular weight is 243 g/mol. The number of nitrogens with one attached hydrogen (secondary N) is 1. The molecule has 0 aliphatic carbocycles. The summed E-state index contributed by atoms with van der Waals surface area (Å²) in [6.45, 7) is 2.85. The Hall–Kier alpha value is -0.980. The number of ether oxygens (including phenoxy) is 1. The van der Waals surface area contributed by atoms with E-state index in [4.69, 9.17) is 17.0 Å². The Labute approximate surface area is 99.7 Å². The van der Waals surface area contributed by atoms with Gasteiger partial charge in [-0.15, -0.1) is 0 Å². The fourth-order valence-corrected chi connectivity index (χ4v) is 1.39. The van der Waals surface area contributed by atoms with Crippen molar-refractivity contribution in [3.63, 3.8) is 0 Å². The number of likely N-dealkylation sites (N-methyl/N-ethyl adjacent to an activating group) is 1. The van der Waals surface area contributed by atoms with E-state index < -0.39 is 0 Å². The van der Waals surface area contributed by atoms with Gasteiger partial charge in [0.1, 0.15) is 0 Å². The van der Waals surface area contributed by atoms with Gasteiger partial charge in [-0.05, 0) is 26.3 Å². The molecule has 0 fully saturated rings. The van der Waals surface area contributed by atoms with Crippen molar-refractivity contribution in [2.24, 2.45) is 0 Å². The van der Waals surface area contributed by atoms with Crippen molar-refractivity contribution in [1.29, 1.82) is 0 Å². The summed E-state index contributed by atoms with van der Waals surface area (Å²) < 4.78 is 7.65. The number of aromatic nitrogens is 2. The first-order chi connectivity index (χ1) is 7.59. The maximum atomic E-state index is 10.9. The van der Waals surface area contributed by atoms with Crippen LogP contribution in [0.2, 0.25) is 0 Å². The molecule has 1 N–H and O–H groups in total. The minimum absolute atomic E-state index is 0.172. The molecular formula is C10H17N3O2S. The van der Waals surface area contributed by atoms with Crippen LogP contribution >= 0.6 is 12.2 Å². The van der Waals surface area contributed by atoms with Crippen molar-refractivity contribution < 1.29 is 4.74 Å². The Morgan fingerprint density at radius 2 is 2.25 bits per heavy atom. The molecule has 90 valence electrons. The number of rotatable bonds is 6. The highest BCUT2D eigenvalue weighted by Crippen LogP contribution is 1.88. The van der Waals surface area contributed by atoms with Crippen LogP contribution in [-0.4, -0.2) is 48.3 Å². The molecule has 0 unspecified atom stereocenters. The minimum atomic E-state index is -0.172. The van der Waals surface area contributed by atoms with Crippen molar-refractivity contribution in [2.75, 3.05) is 33.9 Å². The number of H-pyrrole nitrogens is 1. The van der Waals surface area contributed by atoms with Crippen LogP contribution in [0.15, 0.2) is 17.1 Å². The molecule has 1 heterocycles. The van der Waals surface area contributed by atoms with Gasteiger partial charge in [0.2, 0.25) is 0 Å². The van der Waals surface area contributed by atoms with Crippen molar-refractivity contribution in [3.05, 3.63) is 27.4 Å². The highest BCUT2D eigenvalue weighted by atomic mass is 32.1. The van der Waals surface area contributed by atoms with E-state index in [1.165, 1.54) is 6.07 Å². The Morgan fingerprint density at radius 3 is 2.88 bits per heavy atom. The maximum absolute atomic E-state index is 10.9. The van der Waals surface area contributed by atoms with E-state index in [-0.39, 0.29) is 5.56 Å². The van der Waals surface area contributed by atoms with Gasteiger partial charge >= 0.3 is 0 Å². The summed E-state index contributed by atoms with van der Waals surface area (Å²) in [7, 11) is 4.00. The molecule has 0 spiro atoms. The predicted molar refractivity (Wildman–Crippen MR) is 65.3 cm³/mol. The van der Waals surface area contributed by atoms with Gasteiger partial charge in [0.25, 0.3) is 5.56 Å². The molecule has 0 bridgehead atoms.